The van der Waals surface area contributed by atoms with Gasteiger partial charge >= 0.3 is 11.8 Å². The summed E-state index contributed by atoms with van der Waals surface area (Å²) in [5, 5.41) is 12.8. The number of nitrogens with zero attached hydrogens (tertiary/aromatic N) is 4. The lowest BCUT2D eigenvalue weighted by atomic mass is 10.2. The summed E-state index contributed by atoms with van der Waals surface area (Å²) in [6.45, 7) is 0.477. The zero-order chi connectivity index (χ0) is 19.2. The monoisotopic (exact) mass is 436 g/mol. The minimum absolute atomic E-state index is 0.0596. The van der Waals surface area contributed by atoms with Gasteiger partial charge in [0.1, 0.15) is 12.4 Å². The van der Waals surface area contributed by atoms with Gasteiger partial charge in [-0.25, -0.2) is 4.39 Å². The second-order valence-electron chi connectivity index (χ2n) is 5.36. The standard InChI is InChI=1S/C16H14BrFN6O3/c17-10-7-21-24(8-10)9-13-22-16(27-23-13)15(26)20-6-5-19-14(25)11-3-1-2-4-12(11)18/h1-4,7-8H,5-6,9H2,(H,19,25)(H,20,26). The largest absolute Gasteiger partial charge is 0.350 e. The van der Waals surface area contributed by atoms with Crippen LogP contribution in [0.1, 0.15) is 26.9 Å². The molecule has 1 aromatic carbocycles. The fourth-order valence-corrected chi connectivity index (χ4v) is 2.48. The van der Waals surface area contributed by atoms with Gasteiger partial charge in [-0.2, -0.15) is 10.1 Å². The Balaban J connectivity index is 1.44. The number of nitrogens with one attached hydrogen (secondary N) is 2. The predicted molar refractivity (Wildman–Crippen MR) is 94.4 cm³/mol. The van der Waals surface area contributed by atoms with Gasteiger partial charge in [-0.15, -0.1) is 0 Å². The molecular formula is C16H14BrFN6O3. The van der Waals surface area contributed by atoms with Gasteiger partial charge < -0.3 is 15.2 Å². The first-order chi connectivity index (χ1) is 13.0. The van der Waals surface area contributed by atoms with Gasteiger partial charge in [0.2, 0.25) is 0 Å². The third-order valence-electron chi connectivity index (χ3n) is 3.38. The third-order valence-corrected chi connectivity index (χ3v) is 3.79. The maximum Gasteiger partial charge on any atom is 0.316 e. The molecule has 0 aliphatic carbocycles. The number of carbonyl (C=O) groups is 2. The number of halogens is 2. The van der Waals surface area contributed by atoms with Crippen LogP contribution in [0.25, 0.3) is 0 Å². The topological polar surface area (TPSA) is 115 Å². The fourth-order valence-electron chi connectivity index (χ4n) is 2.15. The number of carbonyl (C=O) groups excluding carboxylic acids is 2. The van der Waals surface area contributed by atoms with E-state index in [1.165, 1.54) is 18.2 Å². The Morgan fingerprint density at radius 1 is 1.19 bits per heavy atom. The summed E-state index contributed by atoms with van der Waals surface area (Å²) in [5.74, 6) is -1.65. The average molecular weight is 437 g/mol. The molecule has 0 saturated carbocycles. The highest BCUT2D eigenvalue weighted by Crippen LogP contribution is 2.08. The Bertz CT molecular complexity index is 957. The first-order valence-electron chi connectivity index (χ1n) is 7.84. The first-order valence-corrected chi connectivity index (χ1v) is 8.63. The van der Waals surface area contributed by atoms with Gasteiger partial charge in [0.05, 0.1) is 16.2 Å². The van der Waals surface area contributed by atoms with Crippen LogP contribution < -0.4 is 10.6 Å². The first kappa shape index (κ1) is 18.7. The maximum absolute atomic E-state index is 13.5. The Hall–Kier alpha value is -3.08. The van der Waals surface area contributed by atoms with Gasteiger partial charge in [-0.1, -0.05) is 17.3 Å². The van der Waals surface area contributed by atoms with E-state index in [9.17, 15) is 14.0 Å². The van der Waals surface area contributed by atoms with E-state index >= 15 is 0 Å². The van der Waals surface area contributed by atoms with Crippen LogP contribution in [0.4, 0.5) is 4.39 Å². The number of hydrogen-bond acceptors (Lipinski definition) is 6. The molecule has 3 aromatic rings. The van der Waals surface area contributed by atoms with Gasteiger partial charge in [0.25, 0.3) is 5.91 Å². The summed E-state index contributed by atoms with van der Waals surface area (Å²) in [4.78, 5) is 27.8. The van der Waals surface area contributed by atoms with Crippen molar-refractivity contribution in [3.05, 3.63) is 64.2 Å². The molecule has 0 unspecified atom stereocenters. The third kappa shape index (κ3) is 4.97. The fraction of sp³-hybridized carbons (Fsp3) is 0.188. The van der Waals surface area contributed by atoms with Crippen LogP contribution in [-0.4, -0.2) is 44.8 Å². The van der Waals surface area contributed by atoms with Gasteiger partial charge in [-0.3, -0.25) is 14.3 Å². The van der Waals surface area contributed by atoms with Gasteiger partial charge in [0, 0.05) is 19.3 Å². The molecule has 11 heteroatoms. The highest BCUT2D eigenvalue weighted by Gasteiger charge is 2.15. The van der Waals surface area contributed by atoms with Crippen molar-refractivity contribution in [3.8, 4) is 0 Å². The van der Waals surface area contributed by atoms with Crippen LogP contribution in [0.2, 0.25) is 0 Å². The van der Waals surface area contributed by atoms with E-state index in [0.717, 1.165) is 4.47 Å². The summed E-state index contributed by atoms with van der Waals surface area (Å²) in [7, 11) is 0. The van der Waals surface area contributed by atoms with E-state index in [0.29, 0.717) is 5.82 Å². The molecule has 0 saturated heterocycles. The van der Waals surface area contributed by atoms with E-state index in [4.69, 9.17) is 4.52 Å². The van der Waals surface area contributed by atoms with Crippen LogP contribution in [-0.2, 0) is 6.54 Å². The Kier molecular flexibility index (Phi) is 5.91. The number of benzene rings is 1. The molecule has 2 amide bonds. The SMILES string of the molecule is O=C(NCCNC(=O)c1ccccc1F)c1nc(Cn2cc(Br)cn2)no1. The predicted octanol–water partition coefficient (Wildman–Crippen LogP) is 1.38. The zero-order valence-electron chi connectivity index (χ0n) is 13.9. The Morgan fingerprint density at radius 2 is 1.93 bits per heavy atom. The van der Waals surface area contributed by atoms with Crippen LogP contribution in [0.15, 0.2) is 45.7 Å². The molecule has 140 valence electrons. The molecule has 9 nitrogen and oxygen atoms in total. The molecule has 2 N–H and O–H groups in total. The van der Waals surface area contributed by atoms with Crippen molar-refractivity contribution in [1.29, 1.82) is 0 Å². The highest BCUT2D eigenvalue weighted by atomic mass is 79.9. The molecule has 3 rings (SSSR count). The quantitative estimate of drug-likeness (QED) is 0.540. The minimum Gasteiger partial charge on any atom is -0.350 e. The zero-order valence-corrected chi connectivity index (χ0v) is 15.4. The van der Waals surface area contributed by atoms with E-state index in [-0.39, 0.29) is 31.1 Å². The lowest BCUT2D eigenvalue weighted by Gasteiger charge is -2.06. The molecule has 0 fully saturated rings. The minimum atomic E-state index is -0.610. The van der Waals surface area contributed by atoms with Crippen molar-refractivity contribution in [1.82, 2.24) is 30.6 Å². The summed E-state index contributed by atoms with van der Waals surface area (Å²) >= 11 is 3.28. The summed E-state index contributed by atoms with van der Waals surface area (Å²) in [6, 6.07) is 5.64. The van der Waals surface area contributed by atoms with E-state index < -0.39 is 17.6 Å². The van der Waals surface area contributed by atoms with E-state index in [1.807, 2.05) is 0 Å². The van der Waals surface area contributed by atoms with Crippen LogP contribution in [0, 0.1) is 5.82 Å². The summed E-state index contributed by atoms with van der Waals surface area (Å²) < 4.78 is 20.8. The number of aromatic nitrogens is 4. The second-order valence-corrected chi connectivity index (χ2v) is 6.28. The molecule has 0 aliphatic heterocycles. The van der Waals surface area contributed by atoms with Crippen molar-refractivity contribution < 1.29 is 18.5 Å². The molecule has 0 bridgehead atoms. The Morgan fingerprint density at radius 3 is 2.63 bits per heavy atom. The van der Waals surface area contributed by atoms with E-state index in [2.05, 4.69) is 41.8 Å². The summed E-state index contributed by atoms with van der Waals surface area (Å²) in [6.07, 6.45) is 3.34. The van der Waals surface area contributed by atoms with Gasteiger partial charge in [-0.05, 0) is 28.1 Å². The molecule has 0 aliphatic rings. The summed E-state index contributed by atoms with van der Waals surface area (Å²) in [5.41, 5.74) is -0.0596. The van der Waals surface area contributed by atoms with Crippen LogP contribution >= 0.6 is 15.9 Å². The van der Waals surface area contributed by atoms with Crippen molar-refractivity contribution in [3.63, 3.8) is 0 Å². The normalized spacial score (nSPS) is 10.6. The molecule has 2 aromatic heterocycles. The highest BCUT2D eigenvalue weighted by molar-refractivity contribution is 9.10. The van der Waals surface area contributed by atoms with Crippen molar-refractivity contribution >= 4 is 27.7 Å². The van der Waals surface area contributed by atoms with E-state index in [1.54, 1.807) is 23.1 Å². The molecule has 0 atom stereocenters. The second kappa shape index (κ2) is 8.54. The van der Waals surface area contributed by atoms with Crippen LogP contribution in [0.3, 0.4) is 0 Å². The van der Waals surface area contributed by atoms with Gasteiger partial charge in [0.15, 0.2) is 5.82 Å². The van der Waals surface area contributed by atoms with Crippen LogP contribution in [0.5, 0.6) is 0 Å². The molecule has 0 radical (unpaired) electrons. The lowest BCUT2D eigenvalue weighted by Crippen LogP contribution is -2.35. The molecule has 27 heavy (non-hydrogen) atoms. The molecular weight excluding hydrogens is 423 g/mol. The maximum atomic E-state index is 13.5. The number of amides is 2. The van der Waals surface area contributed by atoms with Crippen molar-refractivity contribution in [2.24, 2.45) is 0 Å². The molecule has 2 heterocycles. The number of hydrogen-bond donors (Lipinski definition) is 2. The molecule has 0 spiro atoms. The Labute approximate surface area is 161 Å². The van der Waals surface area contributed by atoms with Crippen molar-refractivity contribution in [2.75, 3.05) is 13.1 Å². The number of rotatable bonds is 7. The average Bonchev–Trinajstić information content (AvgIpc) is 3.28. The van der Waals surface area contributed by atoms with Crippen molar-refractivity contribution in [2.45, 2.75) is 6.54 Å². The smallest absolute Gasteiger partial charge is 0.316 e. The lowest BCUT2D eigenvalue weighted by molar-refractivity contribution is 0.0897.